The summed E-state index contributed by atoms with van der Waals surface area (Å²) in [4.78, 5) is 3.25. The number of ether oxygens (including phenoxy) is 1. The molecular formula is C16H17ClN2O. The number of nitrogens with two attached hydrogens (primary N) is 1. The van der Waals surface area contributed by atoms with Crippen molar-refractivity contribution in [3.8, 4) is 11.5 Å². The largest absolute Gasteiger partial charge is 0.457 e. The molecule has 3 N–H and O–H groups in total. The number of H-pyrrole nitrogens is 1. The fourth-order valence-corrected chi connectivity index (χ4v) is 2.21. The highest BCUT2D eigenvalue weighted by Crippen LogP contribution is 2.27. The molecule has 3 aromatic rings. The topological polar surface area (TPSA) is 51.0 Å². The Bertz CT molecular complexity index is 679. The van der Waals surface area contributed by atoms with E-state index in [1.165, 1.54) is 10.9 Å². The van der Waals surface area contributed by atoms with E-state index >= 15 is 0 Å². The first-order valence-electron chi connectivity index (χ1n) is 6.40. The molecule has 0 aliphatic carbocycles. The first kappa shape index (κ1) is 14.4. The molecule has 0 bridgehead atoms. The molecule has 1 aromatic heterocycles. The summed E-state index contributed by atoms with van der Waals surface area (Å²) in [7, 11) is 0. The number of benzene rings is 2. The van der Waals surface area contributed by atoms with Crippen LogP contribution in [0.5, 0.6) is 11.5 Å². The Morgan fingerprint density at radius 3 is 2.55 bits per heavy atom. The van der Waals surface area contributed by atoms with E-state index in [1.807, 2.05) is 48.7 Å². The van der Waals surface area contributed by atoms with Gasteiger partial charge in [-0.15, -0.1) is 12.4 Å². The smallest absolute Gasteiger partial charge is 0.128 e. The zero-order valence-corrected chi connectivity index (χ0v) is 11.8. The summed E-state index contributed by atoms with van der Waals surface area (Å²) in [5.41, 5.74) is 7.97. The highest BCUT2D eigenvalue weighted by atomic mass is 35.5. The van der Waals surface area contributed by atoms with Gasteiger partial charge in [0.05, 0.1) is 0 Å². The number of nitrogens with one attached hydrogen (secondary N) is 1. The maximum absolute atomic E-state index is 5.84. The molecule has 2 aromatic carbocycles. The summed E-state index contributed by atoms with van der Waals surface area (Å²) in [5.74, 6) is 1.69. The van der Waals surface area contributed by atoms with Gasteiger partial charge in [0.15, 0.2) is 0 Å². The van der Waals surface area contributed by atoms with Gasteiger partial charge in [0.2, 0.25) is 0 Å². The van der Waals surface area contributed by atoms with E-state index in [-0.39, 0.29) is 12.4 Å². The van der Waals surface area contributed by atoms with E-state index in [2.05, 4.69) is 11.1 Å². The lowest BCUT2D eigenvalue weighted by atomic mass is 10.1. The van der Waals surface area contributed by atoms with Crippen LogP contribution in [0.4, 0.5) is 0 Å². The maximum Gasteiger partial charge on any atom is 0.128 e. The van der Waals surface area contributed by atoms with Crippen molar-refractivity contribution in [1.29, 1.82) is 0 Å². The Kier molecular flexibility index (Phi) is 4.66. The summed E-state index contributed by atoms with van der Waals surface area (Å²) >= 11 is 0. The Balaban J connectivity index is 0.00000147. The highest BCUT2D eigenvalue weighted by molar-refractivity contribution is 5.85. The van der Waals surface area contributed by atoms with E-state index in [0.717, 1.165) is 23.4 Å². The molecule has 3 rings (SSSR count). The normalized spacial score (nSPS) is 10.2. The van der Waals surface area contributed by atoms with Crippen molar-refractivity contribution in [3.63, 3.8) is 0 Å². The van der Waals surface area contributed by atoms with Crippen LogP contribution in [-0.2, 0) is 6.42 Å². The lowest BCUT2D eigenvalue weighted by Crippen LogP contribution is -2.01. The van der Waals surface area contributed by atoms with Gasteiger partial charge in [0, 0.05) is 17.1 Å². The lowest BCUT2D eigenvalue weighted by molar-refractivity contribution is 0.483. The van der Waals surface area contributed by atoms with E-state index in [4.69, 9.17) is 10.5 Å². The number of para-hydroxylation sites is 1. The molecule has 104 valence electrons. The van der Waals surface area contributed by atoms with E-state index < -0.39 is 0 Å². The van der Waals surface area contributed by atoms with E-state index in [1.54, 1.807) is 0 Å². The fraction of sp³-hybridized carbons (Fsp3) is 0.125. The predicted octanol–water partition coefficient (Wildman–Crippen LogP) is 3.88. The third-order valence-electron chi connectivity index (χ3n) is 3.13. The second kappa shape index (κ2) is 6.46. The summed E-state index contributed by atoms with van der Waals surface area (Å²) in [6.45, 7) is 0.650. The zero-order valence-electron chi connectivity index (χ0n) is 11.0. The Labute approximate surface area is 124 Å². The quantitative estimate of drug-likeness (QED) is 0.765. The van der Waals surface area contributed by atoms with Crippen LogP contribution < -0.4 is 10.5 Å². The van der Waals surface area contributed by atoms with Gasteiger partial charge in [-0.05, 0) is 48.9 Å². The molecule has 0 aliphatic rings. The number of hydrogen-bond donors (Lipinski definition) is 2. The van der Waals surface area contributed by atoms with Crippen LogP contribution in [0, 0.1) is 0 Å². The van der Waals surface area contributed by atoms with Crippen LogP contribution >= 0.6 is 12.4 Å². The minimum absolute atomic E-state index is 0. The van der Waals surface area contributed by atoms with Gasteiger partial charge in [-0.2, -0.15) is 0 Å². The summed E-state index contributed by atoms with van der Waals surface area (Å²) < 4.78 is 5.84. The minimum atomic E-state index is 0. The third-order valence-corrected chi connectivity index (χ3v) is 3.13. The van der Waals surface area contributed by atoms with Crippen molar-refractivity contribution in [2.24, 2.45) is 5.73 Å². The summed E-state index contributed by atoms with van der Waals surface area (Å²) in [6, 6.07) is 15.9. The first-order chi connectivity index (χ1) is 9.36. The van der Waals surface area contributed by atoms with E-state index in [0.29, 0.717) is 6.54 Å². The van der Waals surface area contributed by atoms with Gasteiger partial charge in [-0.3, -0.25) is 0 Å². The van der Waals surface area contributed by atoms with Crippen LogP contribution in [0.3, 0.4) is 0 Å². The van der Waals surface area contributed by atoms with Gasteiger partial charge >= 0.3 is 0 Å². The standard InChI is InChI=1S/C16H16N2O.ClH/c17-9-8-12-11-18-16-7-6-14(10-15(12)16)19-13-4-2-1-3-5-13;/h1-7,10-11,18H,8-9,17H2;1H. The van der Waals surface area contributed by atoms with Crippen LogP contribution in [0.1, 0.15) is 5.56 Å². The van der Waals surface area contributed by atoms with Crippen molar-refractivity contribution < 1.29 is 4.74 Å². The average molecular weight is 289 g/mol. The molecule has 1 heterocycles. The Morgan fingerprint density at radius 1 is 1.00 bits per heavy atom. The zero-order chi connectivity index (χ0) is 13.1. The monoisotopic (exact) mass is 288 g/mol. The highest BCUT2D eigenvalue weighted by Gasteiger charge is 2.05. The molecule has 0 spiro atoms. The van der Waals surface area contributed by atoms with Crippen molar-refractivity contribution in [1.82, 2.24) is 4.98 Å². The number of rotatable bonds is 4. The minimum Gasteiger partial charge on any atom is -0.457 e. The number of halogens is 1. The molecule has 20 heavy (non-hydrogen) atoms. The molecular weight excluding hydrogens is 272 g/mol. The second-order valence-corrected chi connectivity index (χ2v) is 4.48. The summed E-state index contributed by atoms with van der Waals surface area (Å²) in [6.07, 6.45) is 2.89. The molecule has 3 nitrogen and oxygen atoms in total. The maximum atomic E-state index is 5.84. The van der Waals surface area contributed by atoms with Crippen LogP contribution in [0.25, 0.3) is 10.9 Å². The number of aromatic nitrogens is 1. The van der Waals surface area contributed by atoms with Crippen molar-refractivity contribution >= 4 is 23.3 Å². The van der Waals surface area contributed by atoms with Gasteiger partial charge in [0.25, 0.3) is 0 Å². The number of fused-ring (bicyclic) bond motifs is 1. The van der Waals surface area contributed by atoms with Crippen molar-refractivity contribution in [3.05, 3.63) is 60.3 Å². The predicted molar refractivity (Wildman–Crippen MR) is 84.8 cm³/mol. The van der Waals surface area contributed by atoms with E-state index in [9.17, 15) is 0 Å². The number of hydrogen-bond acceptors (Lipinski definition) is 2. The second-order valence-electron chi connectivity index (χ2n) is 4.48. The van der Waals surface area contributed by atoms with Crippen molar-refractivity contribution in [2.45, 2.75) is 6.42 Å². The van der Waals surface area contributed by atoms with Gasteiger partial charge < -0.3 is 15.5 Å². The molecule has 0 unspecified atom stereocenters. The molecule has 0 saturated carbocycles. The van der Waals surface area contributed by atoms with Crippen molar-refractivity contribution in [2.75, 3.05) is 6.54 Å². The first-order valence-corrected chi connectivity index (χ1v) is 6.40. The fourth-order valence-electron chi connectivity index (χ4n) is 2.21. The Hall–Kier alpha value is -1.97. The molecule has 0 atom stereocenters. The lowest BCUT2D eigenvalue weighted by Gasteiger charge is -2.06. The van der Waals surface area contributed by atoms with Gasteiger partial charge in [-0.1, -0.05) is 18.2 Å². The molecule has 0 amide bonds. The van der Waals surface area contributed by atoms with Gasteiger partial charge in [-0.25, -0.2) is 0 Å². The average Bonchev–Trinajstić information content (AvgIpc) is 2.83. The number of aromatic amines is 1. The third kappa shape index (κ3) is 2.95. The molecule has 0 aliphatic heterocycles. The van der Waals surface area contributed by atoms with Gasteiger partial charge in [0.1, 0.15) is 11.5 Å². The summed E-state index contributed by atoms with van der Waals surface area (Å²) in [5, 5.41) is 1.18. The van der Waals surface area contributed by atoms with Crippen LogP contribution in [0.15, 0.2) is 54.7 Å². The van der Waals surface area contributed by atoms with Crippen LogP contribution in [0.2, 0.25) is 0 Å². The molecule has 0 fully saturated rings. The Morgan fingerprint density at radius 2 is 1.80 bits per heavy atom. The molecule has 4 heteroatoms. The molecule has 0 radical (unpaired) electrons. The molecule has 0 saturated heterocycles. The SMILES string of the molecule is Cl.NCCc1c[nH]c2ccc(Oc3ccccc3)cc12. The van der Waals surface area contributed by atoms with Crippen LogP contribution in [-0.4, -0.2) is 11.5 Å².